The maximum Gasteiger partial charge on any atom is 0.166 e. The number of hydrogen-bond acceptors (Lipinski definition) is 6. The molecule has 0 spiro atoms. The van der Waals surface area contributed by atoms with E-state index in [-0.39, 0.29) is 5.41 Å². The molecule has 0 fully saturated rings. The first-order valence-electron chi connectivity index (χ1n) is 11.3. The van der Waals surface area contributed by atoms with Gasteiger partial charge in [-0.1, -0.05) is 62.4 Å². The quantitative estimate of drug-likeness (QED) is 0.258. The Morgan fingerprint density at radius 3 is 2.26 bits per heavy atom. The number of benzene rings is 3. The molecule has 0 N–H and O–H groups in total. The lowest BCUT2D eigenvalue weighted by molar-refractivity contribution is 0.619. The fourth-order valence-corrected chi connectivity index (χ4v) is 7.41. The SMILES string of the molecule is CN1/C(=C/P(=S)(Oc2ccc(/C=N/n3cnnc3)cc2)c2ccccc2)C(C)(C)c2ccccc21. The zero-order valence-electron chi connectivity index (χ0n) is 19.8. The summed E-state index contributed by atoms with van der Waals surface area (Å²) >= 11 is 6.33. The van der Waals surface area contributed by atoms with Crippen LogP contribution >= 0.6 is 6.26 Å². The summed E-state index contributed by atoms with van der Waals surface area (Å²) in [7, 11) is 2.11. The van der Waals surface area contributed by atoms with Gasteiger partial charge in [0.25, 0.3) is 0 Å². The molecule has 0 amide bonds. The highest BCUT2D eigenvalue weighted by Crippen LogP contribution is 2.55. The number of hydrogen-bond donors (Lipinski definition) is 0. The number of rotatable bonds is 6. The molecule has 1 aliphatic heterocycles. The molecule has 1 atom stereocenters. The van der Waals surface area contributed by atoms with Crippen LogP contribution in [0.4, 0.5) is 5.69 Å². The molecule has 0 aliphatic carbocycles. The number of para-hydroxylation sites is 1. The van der Waals surface area contributed by atoms with Crippen molar-refractivity contribution in [2.75, 3.05) is 11.9 Å². The van der Waals surface area contributed by atoms with Crippen LogP contribution in [0.25, 0.3) is 0 Å². The van der Waals surface area contributed by atoms with Crippen molar-refractivity contribution in [1.29, 1.82) is 0 Å². The Kier molecular flexibility index (Phi) is 6.13. The molecule has 0 saturated carbocycles. The van der Waals surface area contributed by atoms with Crippen molar-refractivity contribution >= 4 is 35.3 Å². The molecule has 0 bridgehead atoms. The molecule has 5 rings (SSSR count). The smallest absolute Gasteiger partial charge is 0.166 e. The van der Waals surface area contributed by atoms with Crippen LogP contribution in [0.15, 0.2) is 108 Å². The molecule has 0 saturated heterocycles. The lowest BCUT2D eigenvalue weighted by Gasteiger charge is -2.28. The third-order valence-corrected chi connectivity index (χ3v) is 9.47. The molecular formula is C27H26N5OPS. The summed E-state index contributed by atoms with van der Waals surface area (Å²) < 4.78 is 8.19. The van der Waals surface area contributed by atoms with Gasteiger partial charge in [0, 0.05) is 35.0 Å². The molecule has 4 aromatic rings. The largest absolute Gasteiger partial charge is 0.458 e. The van der Waals surface area contributed by atoms with E-state index in [0.29, 0.717) is 0 Å². The van der Waals surface area contributed by atoms with Crippen molar-refractivity contribution in [3.05, 3.63) is 114 Å². The monoisotopic (exact) mass is 499 g/mol. The Morgan fingerprint density at radius 2 is 1.57 bits per heavy atom. The number of likely N-dealkylation sites (N-methyl/N-ethyl adjacent to an activating group) is 1. The summed E-state index contributed by atoms with van der Waals surface area (Å²) in [6.45, 7) is 4.49. The maximum atomic E-state index is 6.65. The molecule has 8 heteroatoms. The summed E-state index contributed by atoms with van der Waals surface area (Å²) in [5, 5.41) is 12.8. The average molecular weight is 500 g/mol. The first-order chi connectivity index (χ1) is 16.9. The first-order valence-corrected chi connectivity index (χ1v) is 14.1. The molecule has 2 heterocycles. The van der Waals surface area contributed by atoms with Crippen molar-refractivity contribution in [2.45, 2.75) is 19.3 Å². The predicted molar refractivity (Wildman–Crippen MR) is 146 cm³/mol. The van der Waals surface area contributed by atoms with Gasteiger partial charge in [0.2, 0.25) is 0 Å². The van der Waals surface area contributed by atoms with Crippen molar-refractivity contribution in [2.24, 2.45) is 5.10 Å². The highest BCUT2D eigenvalue weighted by molar-refractivity contribution is 8.17. The van der Waals surface area contributed by atoms with Crippen molar-refractivity contribution in [3.63, 3.8) is 0 Å². The maximum absolute atomic E-state index is 6.65. The Balaban J connectivity index is 1.50. The van der Waals surface area contributed by atoms with Crippen molar-refractivity contribution in [1.82, 2.24) is 14.9 Å². The van der Waals surface area contributed by atoms with E-state index < -0.39 is 6.26 Å². The minimum absolute atomic E-state index is 0.184. The summed E-state index contributed by atoms with van der Waals surface area (Å²) in [5.41, 5.74) is 4.40. The summed E-state index contributed by atoms with van der Waals surface area (Å²) in [6, 6.07) is 26.5. The lowest BCUT2D eigenvalue weighted by Crippen LogP contribution is -2.24. The van der Waals surface area contributed by atoms with Gasteiger partial charge >= 0.3 is 0 Å². The second-order valence-corrected chi connectivity index (χ2v) is 12.7. The van der Waals surface area contributed by atoms with E-state index in [9.17, 15) is 0 Å². The van der Waals surface area contributed by atoms with Gasteiger partial charge < -0.3 is 9.42 Å². The van der Waals surface area contributed by atoms with Crippen LogP contribution in [0, 0.1) is 0 Å². The minimum Gasteiger partial charge on any atom is -0.458 e. The van der Waals surface area contributed by atoms with Crippen LogP contribution < -0.4 is 14.7 Å². The van der Waals surface area contributed by atoms with Gasteiger partial charge in [-0.2, -0.15) is 5.10 Å². The minimum atomic E-state index is -2.58. The first kappa shape index (κ1) is 23.2. The molecule has 1 unspecified atom stereocenters. The standard InChI is InChI=1S/C27H26N5OPS/c1-27(2)24-11-7-8-12-25(24)31(3)26(27)18-34(35,23-9-5-4-6-10-23)33-22-15-13-21(14-16-22)17-30-32-19-28-29-20-32/h4-20H,1-3H3/b26-18+,30-17+. The average Bonchev–Trinajstić information content (AvgIpc) is 3.46. The zero-order chi connectivity index (χ0) is 24.5. The van der Waals surface area contributed by atoms with Gasteiger partial charge in [0.05, 0.1) is 6.21 Å². The van der Waals surface area contributed by atoms with Gasteiger partial charge in [0.15, 0.2) is 6.26 Å². The topological polar surface area (TPSA) is 55.5 Å². The van der Waals surface area contributed by atoms with Crippen LogP contribution in [0.1, 0.15) is 25.0 Å². The summed E-state index contributed by atoms with van der Waals surface area (Å²) in [4.78, 5) is 2.24. The Bertz CT molecular complexity index is 1430. The molecule has 1 aliphatic rings. The fourth-order valence-electron chi connectivity index (χ4n) is 4.34. The molecule has 0 radical (unpaired) electrons. The van der Waals surface area contributed by atoms with Gasteiger partial charge in [-0.15, -0.1) is 10.2 Å². The Morgan fingerprint density at radius 1 is 0.914 bits per heavy atom. The number of anilines is 1. The summed E-state index contributed by atoms with van der Waals surface area (Å²) in [6.07, 6.45) is 2.24. The Hall–Kier alpha value is -3.54. The Labute approximate surface area is 210 Å². The van der Waals surface area contributed by atoms with Gasteiger partial charge in [-0.05, 0) is 53.3 Å². The predicted octanol–water partition coefficient (Wildman–Crippen LogP) is 5.53. The third kappa shape index (κ3) is 4.57. The van der Waals surface area contributed by atoms with Crippen LogP contribution in [0.3, 0.4) is 0 Å². The third-order valence-electron chi connectivity index (χ3n) is 6.22. The number of aromatic nitrogens is 3. The van der Waals surface area contributed by atoms with E-state index in [2.05, 4.69) is 83.3 Å². The van der Waals surface area contributed by atoms with Crippen molar-refractivity contribution in [3.8, 4) is 5.75 Å². The van der Waals surface area contributed by atoms with E-state index >= 15 is 0 Å². The molecule has 176 valence electrons. The molecule has 1 aromatic heterocycles. The van der Waals surface area contributed by atoms with Gasteiger partial charge in [0.1, 0.15) is 18.4 Å². The fraction of sp³-hybridized carbons (Fsp3) is 0.148. The zero-order valence-corrected chi connectivity index (χ0v) is 21.5. The highest BCUT2D eigenvalue weighted by atomic mass is 32.4. The van der Waals surface area contributed by atoms with Gasteiger partial charge in [-0.25, -0.2) is 4.68 Å². The number of fused-ring (bicyclic) bond motifs is 1. The van der Waals surface area contributed by atoms with E-state index in [1.807, 2.05) is 42.5 Å². The summed E-state index contributed by atoms with van der Waals surface area (Å²) in [5.74, 6) is 2.92. The van der Waals surface area contributed by atoms with E-state index in [4.69, 9.17) is 16.3 Å². The van der Waals surface area contributed by atoms with Gasteiger partial charge in [-0.3, -0.25) is 0 Å². The highest BCUT2D eigenvalue weighted by Gasteiger charge is 2.40. The lowest BCUT2D eigenvalue weighted by atomic mass is 9.84. The molecular weight excluding hydrogens is 473 g/mol. The number of allylic oxidation sites excluding steroid dienone is 1. The van der Waals surface area contributed by atoms with Crippen LogP contribution in [0.5, 0.6) is 5.75 Å². The second-order valence-electron chi connectivity index (χ2n) is 8.89. The van der Waals surface area contributed by atoms with E-state index in [1.54, 1.807) is 10.9 Å². The van der Waals surface area contributed by atoms with E-state index in [0.717, 1.165) is 22.3 Å². The van der Waals surface area contributed by atoms with Crippen LogP contribution in [-0.2, 0) is 17.2 Å². The molecule has 35 heavy (non-hydrogen) atoms. The van der Waals surface area contributed by atoms with Crippen LogP contribution in [-0.4, -0.2) is 28.1 Å². The number of nitrogens with zero attached hydrogens (tertiary/aromatic N) is 5. The normalized spacial score (nSPS) is 17.5. The van der Waals surface area contributed by atoms with E-state index in [1.165, 1.54) is 23.9 Å². The van der Waals surface area contributed by atoms with Crippen LogP contribution in [0.2, 0.25) is 0 Å². The molecule has 6 nitrogen and oxygen atoms in total. The van der Waals surface area contributed by atoms with Crippen molar-refractivity contribution < 1.29 is 4.52 Å². The second kappa shape index (κ2) is 9.25. The molecule has 3 aromatic carbocycles.